The van der Waals surface area contributed by atoms with Crippen LogP contribution in [0.1, 0.15) is 13.2 Å². The Morgan fingerprint density at radius 2 is 2.33 bits per heavy atom. The lowest BCUT2D eigenvalue weighted by atomic mass is 9.96. The van der Waals surface area contributed by atoms with Crippen molar-refractivity contribution in [3.05, 3.63) is 16.7 Å². The van der Waals surface area contributed by atoms with E-state index in [1.165, 1.54) is 17.8 Å². The van der Waals surface area contributed by atoms with Gasteiger partial charge in [-0.1, -0.05) is 0 Å². The summed E-state index contributed by atoms with van der Waals surface area (Å²) in [6.45, 7) is 0.900. The summed E-state index contributed by atoms with van der Waals surface area (Å²) in [6.07, 6.45) is -2.06. The molecule has 4 atom stereocenters. The normalized spacial score (nSPS) is 32.9. The second-order valence-corrected chi connectivity index (χ2v) is 5.16. The van der Waals surface area contributed by atoms with Crippen molar-refractivity contribution in [1.82, 2.24) is 19.5 Å². The van der Waals surface area contributed by atoms with E-state index in [0.717, 1.165) is 0 Å². The van der Waals surface area contributed by atoms with Crippen molar-refractivity contribution in [3.63, 3.8) is 0 Å². The molecule has 3 heterocycles. The van der Waals surface area contributed by atoms with Crippen LogP contribution in [0.25, 0.3) is 11.2 Å². The maximum atomic E-state index is 11.7. The number of hydrogen-bond donors (Lipinski definition) is 5. The highest BCUT2D eigenvalue weighted by molar-refractivity contribution is 5.70. The van der Waals surface area contributed by atoms with E-state index in [2.05, 4.69) is 15.0 Å². The molecular weight excluding hydrogens is 282 g/mol. The molecule has 0 bridgehead atoms. The molecule has 0 spiro atoms. The standard InChI is InChI=1S/C11H15N5O5/c1-11(20)6(18)4(2-17)21-9(11)16-3-13-5-7(16)14-10(12)15-8(5)19/h3-4,6,9,17-18,20H,2H2,1H3,(H3,12,14,15,19)/t4?,6?,9?,11-/m1/s1. The number of fused-ring (bicyclic) bond motifs is 1. The number of nitrogens with zero attached hydrogens (tertiary/aromatic N) is 3. The Hall–Kier alpha value is -2.01. The fourth-order valence-corrected chi connectivity index (χ4v) is 2.50. The largest absolute Gasteiger partial charge is 0.394 e. The summed E-state index contributed by atoms with van der Waals surface area (Å²) in [4.78, 5) is 21.9. The van der Waals surface area contributed by atoms with Crippen molar-refractivity contribution in [1.29, 1.82) is 0 Å². The molecule has 3 rings (SSSR count). The molecule has 10 heteroatoms. The van der Waals surface area contributed by atoms with Gasteiger partial charge in [0.2, 0.25) is 5.95 Å². The number of nitrogen functional groups attached to an aromatic ring is 1. The number of imidazole rings is 1. The number of H-pyrrole nitrogens is 1. The third-order valence-corrected chi connectivity index (χ3v) is 3.64. The first-order chi connectivity index (χ1) is 9.86. The Kier molecular flexibility index (Phi) is 2.99. The van der Waals surface area contributed by atoms with E-state index < -0.39 is 36.2 Å². The number of ether oxygens (including phenoxy) is 1. The highest BCUT2D eigenvalue weighted by atomic mass is 16.6. The lowest BCUT2D eigenvalue weighted by Crippen LogP contribution is -2.44. The van der Waals surface area contributed by atoms with Gasteiger partial charge in [-0.3, -0.25) is 14.3 Å². The van der Waals surface area contributed by atoms with Crippen LogP contribution in [0, 0.1) is 0 Å². The molecule has 2 aromatic heterocycles. The van der Waals surface area contributed by atoms with Gasteiger partial charge in [0.1, 0.15) is 17.8 Å². The summed E-state index contributed by atoms with van der Waals surface area (Å²) in [5.41, 5.74) is 3.44. The van der Waals surface area contributed by atoms with Crippen molar-refractivity contribution in [2.75, 3.05) is 12.3 Å². The molecule has 1 fully saturated rings. The van der Waals surface area contributed by atoms with Gasteiger partial charge in [-0.05, 0) is 6.92 Å². The Bertz CT molecular complexity index is 738. The van der Waals surface area contributed by atoms with Crippen molar-refractivity contribution in [3.8, 4) is 0 Å². The number of nitrogens with one attached hydrogen (secondary N) is 1. The topological polar surface area (TPSA) is 160 Å². The van der Waals surface area contributed by atoms with Gasteiger partial charge in [-0.25, -0.2) is 4.98 Å². The summed E-state index contributed by atoms with van der Waals surface area (Å²) >= 11 is 0. The molecule has 21 heavy (non-hydrogen) atoms. The minimum Gasteiger partial charge on any atom is -0.394 e. The van der Waals surface area contributed by atoms with Crippen LogP contribution in [0.4, 0.5) is 5.95 Å². The molecule has 0 amide bonds. The summed E-state index contributed by atoms with van der Waals surface area (Å²) in [6, 6.07) is 0. The highest BCUT2D eigenvalue weighted by Crippen LogP contribution is 2.38. The molecule has 1 aliphatic heterocycles. The number of aromatic nitrogens is 4. The molecule has 0 aromatic carbocycles. The molecule has 3 unspecified atom stereocenters. The van der Waals surface area contributed by atoms with E-state index in [4.69, 9.17) is 10.5 Å². The lowest BCUT2D eigenvalue weighted by molar-refractivity contribution is -0.0950. The first-order valence-electron chi connectivity index (χ1n) is 6.25. The Balaban J connectivity index is 2.15. The zero-order chi connectivity index (χ0) is 15.4. The van der Waals surface area contributed by atoms with Gasteiger partial charge >= 0.3 is 0 Å². The molecule has 6 N–H and O–H groups in total. The molecule has 0 radical (unpaired) electrons. The zero-order valence-corrected chi connectivity index (χ0v) is 11.1. The minimum atomic E-state index is -1.69. The number of aliphatic hydroxyl groups excluding tert-OH is 2. The summed E-state index contributed by atoms with van der Waals surface area (Å²) in [5.74, 6) is -0.105. The van der Waals surface area contributed by atoms with Crippen LogP contribution in [0.15, 0.2) is 11.1 Å². The second-order valence-electron chi connectivity index (χ2n) is 5.16. The van der Waals surface area contributed by atoms with Gasteiger partial charge in [0.25, 0.3) is 5.56 Å². The molecule has 0 aliphatic carbocycles. The first kappa shape index (κ1) is 13.9. The monoisotopic (exact) mass is 297 g/mol. The van der Waals surface area contributed by atoms with Gasteiger partial charge in [-0.15, -0.1) is 0 Å². The smallest absolute Gasteiger partial charge is 0.280 e. The van der Waals surface area contributed by atoms with E-state index in [0.29, 0.717) is 0 Å². The number of aromatic amines is 1. The van der Waals surface area contributed by atoms with Gasteiger partial charge in [0.15, 0.2) is 17.4 Å². The van der Waals surface area contributed by atoms with E-state index in [-0.39, 0.29) is 17.1 Å². The fourth-order valence-electron chi connectivity index (χ4n) is 2.50. The average molecular weight is 297 g/mol. The highest BCUT2D eigenvalue weighted by Gasteiger charge is 2.53. The Morgan fingerprint density at radius 3 is 2.95 bits per heavy atom. The van der Waals surface area contributed by atoms with Crippen LogP contribution >= 0.6 is 0 Å². The third-order valence-electron chi connectivity index (χ3n) is 3.64. The van der Waals surface area contributed by atoms with Crippen LogP contribution < -0.4 is 11.3 Å². The van der Waals surface area contributed by atoms with Gasteiger partial charge < -0.3 is 25.8 Å². The molecule has 114 valence electrons. The summed E-state index contributed by atoms with van der Waals surface area (Å²) in [7, 11) is 0. The van der Waals surface area contributed by atoms with Gasteiger partial charge in [-0.2, -0.15) is 4.98 Å². The molecule has 1 aliphatic rings. The van der Waals surface area contributed by atoms with Crippen molar-refractivity contribution < 1.29 is 20.1 Å². The van der Waals surface area contributed by atoms with E-state index in [9.17, 15) is 20.1 Å². The predicted octanol–water partition coefficient (Wildman–Crippen LogP) is -2.30. The molecule has 0 saturated carbocycles. The summed E-state index contributed by atoms with van der Waals surface area (Å²) in [5, 5.41) is 29.6. The molecular formula is C11H15N5O5. The van der Waals surface area contributed by atoms with Crippen LogP contribution in [0.2, 0.25) is 0 Å². The maximum Gasteiger partial charge on any atom is 0.280 e. The van der Waals surface area contributed by atoms with Crippen molar-refractivity contribution >= 4 is 17.1 Å². The SMILES string of the molecule is C[C@@]1(O)C(O)C(CO)OC1n1cnc2c(=O)[nH]c(N)nc21. The number of hydrogen-bond acceptors (Lipinski definition) is 8. The first-order valence-corrected chi connectivity index (χ1v) is 6.25. The van der Waals surface area contributed by atoms with Gasteiger partial charge in [0.05, 0.1) is 12.9 Å². The lowest BCUT2D eigenvalue weighted by Gasteiger charge is -2.27. The van der Waals surface area contributed by atoms with Crippen LogP contribution in [-0.2, 0) is 4.74 Å². The van der Waals surface area contributed by atoms with E-state index >= 15 is 0 Å². The Morgan fingerprint density at radius 1 is 1.62 bits per heavy atom. The van der Waals surface area contributed by atoms with Gasteiger partial charge in [0, 0.05) is 0 Å². The van der Waals surface area contributed by atoms with Crippen LogP contribution in [0.3, 0.4) is 0 Å². The van der Waals surface area contributed by atoms with Crippen molar-refractivity contribution in [2.24, 2.45) is 0 Å². The number of nitrogens with two attached hydrogens (primary N) is 1. The van der Waals surface area contributed by atoms with Crippen LogP contribution in [0.5, 0.6) is 0 Å². The second kappa shape index (κ2) is 4.49. The number of anilines is 1. The summed E-state index contributed by atoms with van der Waals surface area (Å²) < 4.78 is 6.76. The minimum absolute atomic E-state index is 0.0329. The molecule has 2 aromatic rings. The van der Waals surface area contributed by atoms with Crippen LogP contribution in [-0.4, -0.2) is 59.3 Å². The quantitative estimate of drug-likeness (QED) is 0.414. The molecule has 1 saturated heterocycles. The molecule has 10 nitrogen and oxygen atoms in total. The number of aliphatic hydroxyl groups is 3. The predicted molar refractivity (Wildman–Crippen MR) is 70.2 cm³/mol. The average Bonchev–Trinajstić information content (AvgIpc) is 2.91. The third kappa shape index (κ3) is 1.92. The zero-order valence-electron chi connectivity index (χ0n) is 11.1. The van der Waals surface area contributed by atoms with E-state index in [1.807, 2.05) is 0 Å². The van der Waals surface area contributed by atoms with Crippen molar-refractivity contribution in [2.45, 2.75) is 31.0 Å². The van der Waals surface area contributed by atoms with E-state index in [1.54, 1.807) is 0 Å². The maximum absolute atomic E-state index is 11.7. The number of rotatable bonds is 2. The Labute approximate surface area is 117 Å². The fraction of sp³-hybridized carbons (Fsp3) is 0.545.